The summed E-state index contributed by atoms with van der Waals surface area (Å²) in [5.74, 6) is -0.804. The molecular weight excluding hydrogens is 707 g/mol. The first-order valence-electron chi connectivity index (χ1n) is 17.5. The average Bonchev–Trinajstić information content (AvgIpc) is 3.65. The summed E-state index contributed by atoms with van der Waals surface area (Å²) >= 11 is 0.688. The van der Waals surface area contributed by atoms with Crippen LogP contribution in [0.5, 0.6) is 0 Å². The molecule has 0 saturated heterocycles. The SMILES string of the molecule is CCCC[C@H](O)/C=C/[C@@H]1[C@@H](C/C=C\CCCC(=O)OCCC=NS(=O)(=O)c2cc3c(s2)S(=O)(=O)N(CCCOC)C[C@@H]3NCC)[C@@H](O)C[C@H]1O. The fourth-order valence-electron chi connectivity index (χ4n) is 6.18. The van der Waals surface area contributed by atoms with Gasteiger partial charge in [0, 0.05) is 69.8 Å². The van der Waals surface area contributed by atoms with Crippen molar-refractivity contribution in [1.82, 2.24) is 9.62 Å². The number of likely N-dealkylation sites (N-methyl/N-ethyl adjacent to an activating group) is 1. The Morgan fingerprint density at radius 2 is 1.94 bits per heavy atom. The third-order valence-electron chi connectivity index (χ3n) is 8.87. The van der Waals surface area contributed by atoms with Crippen LogP contribution in [0.2, 0.25) is 0 Å². The van der Waals surface area contributed by atoms with Crippen LogP contribution in [0.25, 0.3) is 0 Å². The van der Waals surface area contributed by atoms with E-state index < -0.39 is 44.3 Å². The summed E-state index contributed by atoms with van der Waals surface area (Å²) in [4.78, 5) is 12.2. The third kappa shape index (κ3) is 12.3. The number of rotatable bonds is 22. The number of aliphatic hydroxyl groups is 3. The highest BCUT2D eigenvalue weighted by Gasteiger charge is 2.40. The van der Waals surface area contributed by atoms with Gasteiger partial charge in [0.1, 0.15) is 8.42 Å². The van der Waals surface area contributed by atoms with Crippen LogP contribution in [-0.2, 0) is 34.3 Å². The second-order valence-electron chi connectivity index (χ2n) is 12.7. The highest BCUT2D eigenvalue weighted by Crippen LogP contribution is 2.41. The zero-order chi connectivity index (χ0) is 36.7. The van der Waals surface area contributed by atoms with Gasteiger partial charge in [-0.25, -0.2) is 8.42 Å². The monoisotopic (exact) mass is 761 g/mol. The van der Waals surface area contributed by atoms with Crippen molar-refractivity contribution < 1.29 is 46.4 Å². The molecule has 0 radical (unpaired) electrons. The first-order chi connectivity index (χ1) is 23.8. The van der Waals surface area contributed by atoms with Gasteiger partial charge in [-0.1, -0.05) is 51.0 Å². The molecule has 0 aromatic carbocycles. The number of sulfonamides is 2. The normalized spacial score (nSPS) is 24.8. The molecule has 6 atom stereocenters. The predicted molar refractivity (Wildman–Crippen MR) is 193 cm³/mol. The fourth-order valence-corrected chi connectivity index (χ4v) is 11.0. The van der Waals surface area contributed by atoms with Crippen LogP contribution < -0.4 is 5.32 Å². The van der Waals surface area contributed by atoms with E-state index in [0.29, 0.717) is 68.6 Å². The maximum absolute atomic E-state index is 13.3. The van der Waals surface area contributed by atoms with E-state index in [1.54, 1.807) is 13.2 Å². The number of hydrogen-bond donors (Lipinski definition) is 4. The van der Waals surface area contributed by atoms with Gasteiger partial charge >= 0.3 is 5.97 Å². The number of carbonyl (C=O) groups is 1. The first kappa shape index (κ1) is 42.4. The molecule has 0 spiro atoms. The molecule has 4 N–H and O–H groups in total. The lowest BCUT2D eigenvalue weighted by molar-refractivity contribution is -0.143. The molecular formula is C34H55N3O10S3. The van der Waals surface area contributed by atoms with Crippen LogP contribution in [0.3, 0.4) is 0 Å². The Morgan fingerprint density at radius 1 is 1.16 bits per heavy atom. The van der Waals surface area contributed by atoms with Crippen molar-refractivity contribution in [2.45, 2.75) is 111 Å². The average molecular weight is 762 g/mol. The van der Waals surface area contributed by atoms with E-state index in [9.17, 15) is 36.9 Å². The summed E-state index contributed by atoms with van der Waals surface area (Å²) in [6.45, 7) is 5.33. The number of aliphatic hydroxyl groups excluding tert-OH is 3. The van der Waals surface area contributed by atoms with Crippen molar-refractivity contribution in [2.24, 2.45) is 16.2 Å². The van der Waals surface area contributed by atoms with Gasteiger partial charge in [-0.2, -0.15) is 17.1 Å². The van der Waals surface area contributed by atoms with Crippen LogP contribution in [-0.4, -0.2) is 107 Å². The Bertz CT molecular complexity index is 1510. The lowest BCUT2D eigenvalue weighted by Crippen LogP contribution is -2.43. The molecule has 1 saturated carbocycles. The Morgan fingerprint density at radius 3 is 2.66 bits per heavy atom. The van der Waals surface area contributed by atoms with Crippen LogP contribution in [0.15, 0.2) is 43.2 Å². The van der Waals surface area contributed by atoms with E-state index in [2.05, 4.69) is 16.6 Å². The molecule has 284 valence electrons. The largest absolute Gasteiger partial charge is 0.465 e. The number of allylic oxidation sites excluding steroid dienone is 2. The Balaban J connectivity index is 1.42. The van der Waals surface area contributed by atoms with Crippen LogP contribution in [0, 0.1) is 11.8 Å². The number of nitrogens with one attached hydrogen (secondary N) is 1. The van der Waals surface area contributed by atoms with E-state index >= 15 is 0 Å². The van der Waals surface area contributed by atoms with Crippen LogP contribution in [0.1, 0.15) is 89.7 Å². The van der Waals surface area contributed by atoms with Gasteiger partial charge in [0.25, 0.3) is 20.0 Å². The van der Waals surface area contributed by atoms with Gasteiger partial charge in [-0.15, -0.1) is 11.3 Å². The molecule has 3 rings (SSSR count). The third-order valence-corrected chi connectivity index (χ3v) is 14.1. The lowest BCUT2D eigenvalue weighted by atomic mass is 9.89. The first-order valence-corrected chi connectivity index (χ1v) is 21.2. The second kappa shape index (κ2) is 20.9. The minimum Gasteiger partial charge on any atom is -0.465 e. The number of hydrogen-bond acceptors (Lipinski definition) is 12. The molecule has 0 bridgehead atoms. The number of ether oxygens (including phenoxy) is 2. The summed E-state index contributed by atoms with van der Waals surface area (Å²) in [6.07, 6.45) is 12.1. The van der Waals surface area contributed by atoms with Crippen molar-refractivity contribution in [2.75, 3.05) is 40.0 Å². The topological polar surface area (TPSA) is 192 Å². The van der Waals surface area contributed by atoms with Crippen molar-refractivity contribution in [1.29, 1.82) is 0 Å². The summed E-state index contributed by atoms with van der Waals surface area (Å²) < 4.78 is 67.7. The zero-order valence-corrected chi connectivity index (χ0v) is 31.8. The second-order valence-corrected chi connectivity index (χ2v) is 17.8. The van der Waals surface area contributed by atoms with E-state index in [1.165, 1.54) is 10.4 Å². The number of esters is 1. The lowest BCUT2D eigenvalue weighted by Gasteiger charge is -2.32. The summed E-state index contributed by atoms with van der Waals surface area (Å²) in [7, 11) is -6.50. The summed E-state index contributed by atoms with van der Waals surface area (Å²) in [5, 5.41) is 34.2. The predicted octanol–water partition coefficient (Wildman–Crippen LogP) is 3.71. The minimum atomic E-state index is -4.17. The van der Waals surface area contributed by atoms with E-state index in [0.717, 1.165) is 19.1 Å². The number of unbranched alkanes of at least 4 members (excludes halogenated alkanes) is 2. The molecule has 13 nitrogen and oxygen atoms in total. The summed E-state index contributed by atoms with van der Waals surface area (Å²) in [6, 6.07) is 1.03. The standard InChI is InChI=1S/C34H55N3O10S3/c1-4-6-13-25(38)16-17-27-26(30(39)23-31(27)40)14-9-7-8-10-15-32(41)47-21-11-18-36-49(42,43)33-22-28-29(35-5-2)24-37(19-12-20-46-3)50(44,45)34(28)48-33/h7,9,16-18,22,25-27,29-31,35,38-40H,4-6,8,10-15,19-21,23-24H2,1-3H3/b9-7-,17-16+,36-18?/t25-,26+,27+,29-,30-,31+/m0/s1. The summed E-state index contributed by atoms with van der Waals surface area (Å²) in [5.41, 5.74) is 0.419. The molecule has 1 aliphatic carbocycles. The van der Waals surface area contributed by atoms with E-state index in [4.69, 9.17) is 9.47 Å². The quantitative estimate of drug-likeness (QED) is 0.0583. The number of thiophene rings is 1. The molecule has 1 aromatic rings. The molecule has 1 aromatic heterocycles. The van der Waals surface area contributed by atoms with E-state index in [1.807, 2.05) is 25.2 Å². The number of fused-ring (bicyclic) bond motifs is 1. The Hall–Kier alpha value is -2.02. The molecule has 0 amide bonds. The van der Waals surface area contributed by atoms with Crippen molar-refractivity contribution in [3.63, 3.8) is 0 Å². The highest BCUT2D eigenvalue weighted by atomic mass is 32.3. The molecule has 2 aliphatic rings. The molecule has 50 heavy (non-hydrogen) atoms. The van der Waals surface area contributed by atoms with Gasteiger partial charge < -0.3 is 30.1 Å². The highest BCUT2D eigenvalue weighted by molar-refractivity contribution is 7.94. The molecule has 2 heterocycles. The maximum Gasteiger partial charge on any atom is 0.305 e. The minimum absolute atomic E-state index is 0.00477. The Kier molecular flexibility index (Phi) is 17.7. The Labute approximate surface area is 301 Å². The fraction of sp³-hybridized carbons (Fsp3) is 0.706. The van der Waals surface area contributed by atoms with Gasteiger partial charge in [0.05, 0.1) is 24.9 Å². The molecule has 1 aliphatic heterocycles. The molecule has 16 heteroatoms. The van der Waals surface area contributed by atoms with Gasteiger partial charge in [-0.3, -0.25) is 4.79 Å². The van der Waals surface area contributed by atoms with Gasteiger partial charge in [0.2, 0.25) is 0 Å². The molecule has 1 fully saturated rings. The van der Waals surface area contributed by atoms with E-state index in [-0.39, 0.29) is 58.8 Å². The van der Waals surface area contributed by atoms with Gasteiger partial charge in [0.15, 0.2) is 0 Å². The zero-order valence-electron chi connectivity index (χ0n) is 29.4. The molecule has 0 unspecified atom stereocenters. The number of carbonyl (C=O) groups excluding carboxylic acids is 1. The number of nitrogens with zero attached hydrogens (tertiary/aromatic N) is 2. The maximum atomic E-state index is 13.3. The smallest absolute Gasteiger partial charge is 0.305 e. The van der Waals surface area contributed by atoms with Crippen LogP contribution >= 0.6 is 11.3 Å². The van der Waals surface area contributed by atoms with Crippen LogP contribution in [0.4, 0.5) is 0 Å². The van der Waals surface area contributed by atoms with Gasteiger partial charge in [-0.05, 0) is 50.6 Å². The number of methoxy groups -OCH3 is 1. The van der Waals surface area contributed by atoms with Crippen molar-refractivity contribution >= 4 is 43.6 Å². The van der Waals surface area contributed by atoms with Crippen molar-refractivity contribution in [3.8, 4) is 0 Å². The van der Waals surface area contributed by atoms with Crippen molar-refractivity contribution in [3.05, 3.63) is 35.9 Å².